The lowest BCUT2D eigenvalue weighted by Crippen LogP contribution is -2.40. The molecule has 7 heteroatoms. The van der Waals surface area contributed by atoms with Gasteiger partial charge in [-0.2, -0.15) is 0 Å². The molecule has 2 fully saturated rings. The lowest BCUT2D eigenvalue weighted by atomic mass is 9.96. The molecule has 6 nitrogen and oxygen atoms in total. The molecule has 2 atom stereocenters. The minimum Gasteiger partial charge on any atom is -0.368 e. The molecule has 2 saturated carbocycles. The molecule has 2 N–H and O–H groups in total. The van der Waals surface area contributed by atoms with Crippen LogP contribution in [-0.2, 0) is 19.3 Å². The van der Waals surface area contributed by atoms with Gasteiger partial charge in [-0.25, -0.2) is 8.42 Å². The van der Waals surface area contributed by atoms with Crippen molar-refractivity contribution in [3.63, 3.8) is 0 Å². The molecule has 0 aliphatic heterocycles. The first kappa shape index (κ1) is 19.1. The molecule has 0 saturated heterocycles. The highest BCUT2D eigenvalue weighted by Crippen LogP contribution is 2.34. The van der Waals surface area contributed by atoms with Crippen molar-refractivity contribution in [1.82, 2.24) is 0 Å². The van der Waals surface area contributed by atoms with Crippen molar-refractivity contribution in [2.24, 2.45) is 0 Å². The molecule has 23 heavy (non-hydrogen) atoms. The zero-order valence-electron chi connectivity index (χ0n) is 14.1. The van der Waals surface area contributed by atoms with Crippen LogP contribution in [-0.4, -0.2) is 53.9 Å². The highest BCUT2D eigenvalue weighted by atomic mass is 32.2. The summed E-state index contributed by atoms with van der Waals surface area (Å²) in [5, 5.41) is 17.9. The van der Waals surface area contributed by atoms with E-state index in [4.69, 9.17) is 9.47 Å². The van der Waals surface area contributed by atoms with Crippen LogP contribution in [0.5, 0.6) is 0 Å². The first-order chi connectivity index (χ1) is 10.8. The molecule has 0 aromatic heterocycles. The van der Waals surface area contributed by atoms with Crippen LogP contribution in [0.3, 0.4) is 0 Å². The van der Waals surface area contributed by atoms with Gasteiger partial charge in [0.05, 0.1) is 22.7 Å². The van der Waals surface area contributed by atoms with Crippen molar-refractivity contribution in [1.29, 1.82) is 0 Å². The lowest BCUT2D eigenvalue weighted by molar-refractivity contribution is -0.131. The van der Waals surface area contributed by atoms with E-state index in [1.807, 2.05) is 0 Å². The van der Waals surface area contributed by atoms with Gasteiger partial charge >= 0.3 is 0 Å². The summed E-state index contributed by atoms with van der Waals surface area (Å²) in [4.78, 5) is 0. The standard InChI is InChI=1S/C16H30O6S/c1-11(17)21-13-3-7-15(8-4-13)23(19,20)16-9-5-14(6-10-16)22-12(2)18/h11-18H,3-10H2,1-2H3. The van der Waals surface area contributed by atoms with Gasteiger partial charge in [0.15, 0.2) is 22.4 Å². The van der Waals surface area contributed by atoms with Gasteiger partial charge in [-0.1, -0.05) is 0 Å². The molecule has 0 aromatic carbocycles. The van der Waals surface area contributed by atoms with Crippen LogP contribution >= 0.6 is 0 Å². The van der Waals surface area contributed by atoms with E-state index in [1.54, 1.807) is 13.8 Å². The van der Waals surface area contributed by atoms with Crippen molar-refractivity contribution in [2.45, 2.75) is 101 Å². The normalized spacial score (nSPS) is 35.7. The minimum atomic E-state index is -3.12. The molecule has 0 radical (unpaired) electrons. The Morgan fingerprint density at radius 2 is 1.04 bits per heavy atom. The summed E-state index contributed by atoms with van der Waals surface area (Å²) in [6, 6.07) is 0. The van der Waals surface area contributed by atoms with E-state index in [-0.39, 0.29) is 22.7 Å². The number of aliphatic hydroxyl groups excluding tert-OH is 2. The molecule has 2 aliphatic rings. The Balaban J connectivity index is 1.83. The number of sulfone groups is 1. The topological polar surface area (TPSA) is 93.1 Å². The predicted octanol–water partition coefficient (Wildman–Crippen LogP) is 1.73. The van der Waals surface area contributed by atoms with Gasteiger partial charge in [0.2, 0.25) is 0 Å². The fourth-order valence-electron chi connectivity index (χ4n) is 3.82. The quantitative estimate of drug-likeness (QED) is 0.709. The van der Waals surface area contributed by atoms with E-state index in [2.05, 4.69) is 0 Å². The molecule has 2 rings (SSSR count). The SMILES string of the molecule is CC(O)OC1CCC(S(=O)(=O)C2CCC(OC(C)O)CC2)CC1. The second kappa shape index (κ2) is 8.25. The number of aliphatic hydroxyl groups is 2. The van der Waals surface area contributed by atoms with Crippen LogP contribution in [0, 0.1) is 0 Å². The Bertz CT molecular complexity index is 409. The number of hydrogen-bond acceptors (Lipinski definition) is 6. The van der Waals surface area contributed by atoms with E-state index < -0.39 is 22.4 Å². The van der Waals surface area contributed by atoms with E-state index in [0.29, 0.717) is 51.4 Å². The monoisotopic (exact) mass is 350 g/mol. The van der Waals surface area contributed by atoms with Gasteiger partial charge in [0.1, 0.15) is 0 Å². The maximum absolute atomic E-state index is 12.8. The zero-order chi connectivity index (χ0) is 17.0. The third-order valence-corrected chi connectivity index (χ3v) is 7.75. The maximum atomic E-state index is 12.8. The van der Waals surface area contributed by atoms with Crippen LogP contribution < -0.4 is 0 Å². The minimum absolute atomic E-state index is 0.0309. The average molecular weight is 350 g/mol. The molecular formula is C16H30O6S. The number of ether oxygens (including phenoxy) is 2. The molecule has 136 valence electrons. The Morgan fingerprint density at radius 3 is 1.30 bits per heavy atom. The second-order valence-corrected chi connectivity index (χ2v) is 9.37. The predicted molar refractivity (Wildman–Crippen MR) is 86.5 cm³/mol. The fourth-order valence-corrected chi connectivity index (χ4v) is 6.23. The summed E-state index contributed by atoms with van der Waals surface area (Å²) in [5.74, 6) is 0. The van der Waals surface area contributed by atoms with E-state index in [0.717, 1.165) is 0 Å². The molecule has 0 spiro atoms. The molecule has 2 aliphatic carbocycles. The molecule has 2 unspecified atom stereocenters. The summed E-state index contributed by atoms with van der Waals surface area (Å²) in [7, 11) is -3.12. The van der Waals surface area contributed by atoms with Crippen molar-refractivity contribution in [3.05, 3.63) is 0 Å². The summed E-state index contributed by atoms with van der Waals surface area (Å²) >= 11 is 0. The Hall–Kier alpha value is -0.210. The van der Waals surface area contributed by atoms with Gasteiger partial charge in [0.25, 0.3) is 0 Å². The van der Waals surface area contributed by atoms with Gasteiger partial charge in [0, 0.05) is 0 Å². The van der Waals surface area contributed by atoms with E-state index in [1.165, 1.54) is 0 Å². The van der Waals surface area contributed by atoms with Crippen molar-refractivity contribution < 1.29 is 28.1 Å². The first-order valence-electron chi connectivity index (χ1n) is 8.68. The largest absolute Gasteiger partial charge is 0.368 e. The molecule has 0 amide bonds. The average Bonchev–Trinajstić information content (AvgIpc) is 2.47. The molecular weight excluding hydrogens is 320 g/mol. The molecule has 0 aromatic rings. The van der Waals surface area contributed by atoms with Crippen molar-refractivity contribution in [2.75, 3.05) is 0 Å². The summed E-state index contributed by atoms with van der Waals surface area (Å²) in [6.45, 7) is 3.16. The van der Waals surface area contributed by atoms with Gasteiger partial charge in [-0.05, 0) is 65.2 Å². The summed E-state index contributed by atoms with van der Waals surface area (Å²) < 4.78 is 36.4. The Kier molecular flexibility index (Phi) is 6.86. The Labute approximate surface area is 139 Å². The van der Waals surface area contributed by atoms with Crippen LogP contribution in [0.15, 0.2) is 0 Å². The smallest absolute Gasteiger partial charge is 0.156 e. The van der Waals surface area contributed by atoms with Crippen LogP contribution in [0.4, 0.5) is 0 Å². The van der Waals surface area contributed by atoms with E-state index in [9.17, 15) is 18.6 Å². The Morgan fingerprint density at radius 1 is 0.739 bits per heavy atom. The van der Waals surface area contributed by atoms with Gasteiger partial charge in [-0.15, -0.1) is 0 Å². The highest BCUT2D eigenvalue weighted by molar-refractivity contribution is 7.92. The van der Waals surface area contributed by atoms with Gasteiger partial charge in [-0.3, -0.25) is 0 Å². The third-order valence-electron chi connectivity index (χ3n) is 4.95. The van der Waals surface area contributed by atoms with Crippen LogP contribution in [0.2, 0.25) is 0 Å². The third kappa shape index (κ3) is 5.39. The summed E-state index contributed by atoms with van der Waals surface area (Å²) in [5.41, 5.74) is 0. The van der Waals surface area contributed by atoms with Gasteiger partial charge < -0.3 is 19.7 Å². The van der Waals surface area contributed by atoms with Crippen LogP contribution in [0.25, 0.3) is 0 Å². The van der Waals surface area contributed by atoms with Crippen molar-refractivity contribution in [3.8, 4) is 0 Å². The number of rotatable bonds is 6. The zero-order valence-corrected chi connectivity index (χ0v) is 14.9. The van der Waals surface area contributed by atoms with E-state index >= 15 is 0 Å². The molecule has 0 bridgehead atoms. The van der Waals surface area contributed by atoms with Crippen LogP contribution in [0.1, 0.15) is 65.2 Å². The summed E-state index contributed by atoms with van der Waals surface area (Å²) in [6.07, 6.45) is 3.57. The highest BCUT2D eigenvalue weighted by Gasteiger charge is 2.39. The van der Waals surface area contributed by atoms with Crippen molar-refractivity contribution >= 4 is 9.84 Å². The maximum Gasteiger partial charge on any atom is 0.156 e. The second-order valence-electron chi connectivity index (χ2n) is 6.86. The first-order valence-corrected chi connectivity index (χ1v) is 10.3. The lowest BCUT2D eigenvalue weighted by Gasteiger charge is -2.34. The fraction of sp³-hybridized carbons (Fsp3) is 1.00. The number of hydrogen-bond donors (Lipinski definition) is 2. The molecule has 0 heterocycles.